The number of rotatable bonds is 2. The number of nitrogens with zero attached hydrogens (tertiary/aromatic N) is 1. The number of pyridine rings is 1. The maximum absolute atomic E-state index is 13.6. The molecule has 2 aromatic rings. The summed E-state index contributed by atoms with van der Waals surface area (Å²) in [4.78, 5) is 16.1. The quantitative estimate of drug-likeness (QED) is 0.822. The van der Waals surface area contributed by atoms with Crippen LogP contribution in [-0.4, -0.2) is 11.1 Å². The molecule has 132 valence electrons. The molecule has 1 saturated heterocycles. The first-order chi connectivity index (χ1) is 12.7. The SMILES string of the molecule is O=C1NC(c2cncc(C#CC3CCCC3)c2)C(c2cccc(F)c2)O1. The second-order valence-electron chi connectivity index (χ2n) is 6.76. The fourth-order valence-electron chi connectivity index (χ4n) is 3.57. The molecule has 2 atom stereocenters. The minimum absolute atomic E-state index is 0.362. The summed E-state index contributed by atoms with van der Waals surface area (Å²) in [5, 5.41) is 2.79. The van der Waals surface area contributed by atoms with Crippen LogP contribution >= 0.6 is 0 Å². The Morgan fingerprint density at radius 1 is 1.15 bits per heavy atom. The van der Waals surface area contributed by atoms with E-state index in [9.17, 15) is 9.18 Å². The average Bonchev–Trinajstić information content (AvgIpc) is 3.30. The van der Waals surface area contributed by atoms with Gasteiger partial charge < -0.3 is 10.1 Å². The first-order valence-electron chi connectivity index (χ1n) is 8.88. The number of carbonyl (C=O) groups excluding carboxylic acids is 1. The molecule has 1 aliphatic carbocycles. The summed E-state index contributed by atoms with van der Waals surface area (Å²) in [6.45, 7) is 0. The molecule has 1 amide bonds. The number of benzene rings is 1. The van der Waals surface area contributed by atoms with E-state index in [1.807, 2.05) is 6.07 Å². The van der Waals surface area contributed by atoms with Gasteiger partial charge in [0.1, 0.15) is 11.9 Å². The summed E-state index contributed by atoms with van der Waals surface area (Å²) in [6, 6.07) is 7.60. The summed E-state index contributed by atoms with van der Waals surface area (Å²) < 4.78 is 18.9. The van der Waals surface area contributed by atoms with Gasteiger partial charge >= 0.3 is 6.09 Å². The Bertz CT molecular complexity index is 881. The Morgan fingerprint density at radius 3 is 2.81 bits per heavy atom. The van der Waals surface area contributed by atoms with Crippen molar-refractivity contribution >= 4 is 6.09 Å². The predicted octanol–water partition coefficient (Wildman–Crippen LogP) is 4.28. The highest BCUT2D eigenvalue weighted by Crippen LogP contribution is 2.36. The number of halogens is 1. The van der Waals surface area contributed by atoms with E-state index in [4.69, 9.17) is 4.74 Å². The number of amides is 1. The second-order valence-corrected chi connectivity index (χ2v) is 6.76. The first kappa shape index (κ1) is 16.6. The fourth-order valence-corrected chi connectivity index (χ4v) is 3.57. The van der Waals surface area contributed by atoms with Gasteiger partial charge in [-0.1, -0.05) is 36.8 Å². The van der Waals surface area contributed by atoms with E-state index >= 15 is 0 Å². The third kappa shape index (κ3) is 3.55. The third-order valence-electron chi connectivity index (χ3n) is 4.88. The molecule has 2 heterocycles. The van der Waals surface area contributed by atoms with Crippen LogP contribution in [0.15, 0.2) is 42.7 Å². The van der Waals surface area contributed by atoms with Crippen LogP contribution < -0.4 is 5.32 Å². The van der Waals surface area contributed by atoms with E-state index < -0.39 is 18.2 Å². The molecule has 0 radical (unpaired) electrons. The molecule has 1 aliphatic heterocycles. The van der Waals surface area contributed by atoms with Gasteiger partial charge in [-0.2, -0.15) is 0 Å². The Kier molecular flexibility index (Phi) is 4.57. The molecule has 1 saturated carbocycles. The van der Waals surface area contributed by atoms with Crippen molar-refractivity contribution in [2.75, 3.05) is 0 Å². The maximum atomic E-state index is 13.6. The van der Waals surface area contributed by atoms with Gasteiger partial charge in [-0.3, -0.25) is 4.98 Å². The lowest BCUT2D eigenvalue weighted by Gasteiger charge is -2.17. The van der Waals surface area contributed by atoms with E-state index in [1.54, 1.807) is 24.5 Å². The molecule has 2 aliphatic rings. The van der Waals surface area contributed by atoms with Crippen molar-refractivity contribution in [2.24, 2.45) is 5.92 Å². The van der Waals surface area contributed by atoms with E-state index in [2.05, 4.69) is 22.1 Å². The lowest BCUT2D eigenvalue weighted by atomic mass is 9.96. The van der Waals surface area contributed by atoms with Crippen LogP contribution in [0, 0.1) is 23.6 Å². The molecular formula is C21H19FN2O2. The number of nitrogens with one attached hydrogen (secondary N) is 1. The van der Waals surface area contributed by atoms with Crippen LogP contribution in [0.5, 0.6) is 0 Å². The Labute approximate surface area is 151 Å². The molecule has 5 heteroatoms. The highest BCUT2D eigenvalue weighted by atomic mass is 19.1. The van der Waals surface area contributed by atoms with Crippen LogP contribution in [-0.2, 0) is 4.74 Å². The summed E-state index contributed by atoms with van der Waals surface area (Å²) in [5.41, 5.74) is 2.22. The van der Waals surface area contributed by atoms with Crippen LogP contribution in [0.4, 0.5) is 9.18 Å². The predicted molar refractivity (Wildman–Crippen MR) is 94.6 cm³/mol. The van der Waals surface area contributed by atoms with Gasteiger partial charge in [-0.15, -0.1) is 0 Å². The molecule has 1 aromatic carbocycles. The highest BCUT2D eigenvalue weighted by molar-refractivity contribution is 5.71. The van der Waals surface area contributed by atoms with Gasteiger partial charge in [0.2, 0.25) is 0 Å². The number of alkyl carbamates (subject to hydrolysis) is 1. The zero-order valence-corrected chi connectivity index (χ0v) is 14.2. The lowest BCUT2D eigenvalue weighted by Crippen LogP contribution is -2.19. The minimum Gasteiger partial charge on any atom is -0.439 e. The minimum atomic E-state index is -0.599. The van der Waals surface area contributed by atoms with Crippen LogP contribution in [0.1, 0.15) is 54.5 Å². The van der Waals surface area contributed by atoms with Crippen molar-refractivity contribution in [1.29, 1.82) is 0 Å². The number of cyclic esters (lactones) is 1. The Hall–Kier alpha value is -2.87. The van der Waals surface area contributed by atoms with Gasteiger partial charge in [0, 0.05) is 23.9 Å². The number of ether oxygens (including phenoxy) is 1. The van der Waals surface area contributed by atoms with Crippen molar-refractivity contribution < 1.29 is 13.9 Å². The monoisotopic (exact) mass is 350 g/mol. The van der Waals surface area contributed by atoms with Crippen molar-refractivity contribution in [3.63, 3.8) is 0 Å². The Morgan fingerprint density at radius 2 is 2.00 bits per heavy atom. The van der Waals surface area contributed by atoms with Crippen molar-refractivity contribution in [1.82, 2.24) is 10.3 Å². The zero-order valence-electron chi connectivity index (χ0n) is 14.2. The van der Waals surface area contributed by atoms with E-state index in [-0.39, 0.29) is 5.82 Å². The normalized spacial score (nSPS) is 22.4. The lowest BCUT2D eigenvalue weighted by molar-refractivity contribution is 0.132. The Balaban J connectivity index is 1.60. The average molecular weight is 350 g/mol. The second kappa shape index (κ2) is 7.17. The van der Waals surface area contributed by atoms with Crippen LogP contribution in [0.25, 0.3) is 0 Å². The molecule has 26 heavy (non-hydrogen) atoms. The smallest absolute Gasteiger partial charge is 0.408 e. The number of aromatic nitrogens is 1. The third-order valence-corrected chi connectivity index (χ3v) is 4.88. The van der Waals surface area contributed by atoms with Crippen molar-refractivity contribution in [3.05, 3.63) is 65.2 Å². The highest BCUT2D eigenvalue weighted by Gasteiger charge is 2.36. The standard InChI is InChI=1S/C21H19FN2O2/c22-18-7-3-6-16(11-18)20-19(24-21(25)26-20)17-10-15(12-23-13-17)9-8-14-4-1-2-5-14/h3,6-7,10-14,19-20H,1-2,4-5H2,(H,24,25). The van der Waals surface area contributed by atoms with Gasteiger partial charge in [-0.05, 0) is 42.2 Å². The summed E-state index contributed by atoms with van der Waals surface area (Å²) in [6.07, 6.45) is 7.11. The van der Waals surface area contributed by atoms with E-state index in [0.29, 0.717) is 11.5 Å². The molecule has 4 nitrogen and oxygen atoms in total. The van der Waals surface area contributed by atoms with Crippen molar-refractivity contribution in [2.45, 2.75) is 37.8 Å². The van der Waals surface area contributed by atoms with Crippen LogP contribution in [0.2, 0.25) is 0 Å². The summed E-state index contributed by atoms with van der Waals surface area (Å²) in [5.74, 6) is 6.62. The fraction of sp³-hybridized carbons (Fsp3) is 0.333. The topological polar surface area (TPSA) is 51.2 Å². The molecule has 1 N–H and O–H groups in total. The number of hydrogen-bond donors (Lipinski definition) is 1. The summed E-state index contributed by atoms with van der Waals surface area (Å²) in [7, 11) is 0. The summed E-state index contributed by atoms with van der Waals surface area (Å²) >= 11 is 0. The van der Waals surface area contributed by atoms with Crippen molar-refractivity contribution in [3.8, 4) is 11.8 Å². The molecule has 0 bridgehead atoms. The molecule has 4 rings (SSSR count). The zero-order chi connectivity index (χ0) is 17.9. The van der Waals surface area contributed by atoms with Gasteiger partial charge in [0.05, 0.1) is 0 Å². The maximum Gasteiger partial charge on any atom is 0.408 e. The molecule has 2 fully saturated rings. The van der Waals surface area contributed by atoms with Gasteiger partial charge in [0.25, 0.3) is 0 Å². The number of hydrogen-bond acceptors (Lipinski definition) is 3. The van der Waals surface area contributed by atoms with E-state index in [0.717, 1.165) is 24.0 Å². The van der Waals surface area contributed by atoms with E-state index in [1.165, 1.54) is 25.0 Å². The molecule has 0 spiro atoms. The first-order valence-corrected chi connectivity index (χ1v) is 8.88. The molecular weight excluding hydrogens is 331 g/mol. The molecule has 2 unspecified atom stereocenters. The molecule has 1 aromatic heterocycles. The van der Waals surface area contributed by atoms with Gasteiger partial charge in [-0.25, -0.2) is 9.18 Å². The number of carbonyl (C=O) groups is 1. The van der Waals surface area contributed by atoms with Gasteiger partial charge in [0.15, 0.2) is 6.10 Å². The van der Waals surface area contributed by atoms with Crippen LogP contribution in [0.3, 0.4) is 0 Å². The largest absolute Gasteiger partial charge is 0.439 e.